The Morgan fingerprint density at radius 2 is 1.91 bits per heavy atom. The predicted molar refractivity (Wildman–Crippen MR) is 118 cm³/mol. The molecule has 1 amide bonds. The van der Waals surface area contributed by atoms with Crippen LogP contribution in [0.15, 0.2) is 39.4 Å². The largest absolute Gasteiger partial charge is 0.506 e. The van der Waals surface area contributed by atoms with Crippen molar-refractivity contribution in [3.8, 4) is 17.2 Å². The molecule has 4 aromatic rings. The van der Waals surface area contributed by atoms with Crippen LogP contribution in [0.25, 0.3) is 22.4 Å². The second kappa shape index (κ2) is 8.62. The zero-order valence-corrected chi connectivity index (χ0v) is 18.5. The monoisotopic (exact) mass is 448 g/mol. The van der Waals surface area contributed by atoms with E-state index in [9.17, 15) is 9.90 Å². The van der Waals surface area contributed by atoms with Crippen LogP contribution in [0.3, 0.4) is 0 Å². The van der Waals surface area contributed by atoms with Gasteiger partial charge in [0.2, 0.25) is 0 Å². The molecule has 0 atom stereocenters. The molecule has 1 saturated heterocycles. The molecule has 3 aromatic heterocycles. The summed E-state index contributed by atoms with van der Waals surface area (Å²) >= 11 is 0. The van der Waals surface area contributed by atoms with Crippen molar-refractivity contribution in [2.24, 2.45) is 0 Å². The first kappa shape index (κ1) is 21.1. The van der Waals surface area contributed by atoms with E-state index in [1.165, 1.54) is 0 Å². The molecule has 1 aliphatic rings. The van der Waals surface area contributed by atoms with E-state index in [2.05, 4.69) is 25.2 Å². The molecule has 0 unspecified atom stereocenters. The number of nitrogens with zero attached hydrogens (tertiary/aromatic N) is 6. The number of carbonyl (C=O) groups excluding carboxylic acids is 1. The number of hydrogen-bond acceptors (Lipinski definition) is 9. The van der Waals surface area contributed by atoms with Crippen molar-refractivity contribution in [3.63, 3.8) is 0 Å². The summed E-state index contributed by atoms with van der Waals surface area (Å²) in [5.41, 5.74) is 2.21. The minimum atomic E-state index is -0.137. The number of phenolic OH excluding ortho intramolecular Hbond substituents is 1. The molecule has 1 fully saturated rings. The van der Waals surface area contributed by atoms with Crippen LogP contribution in [0.1, 0.15) is 34.2 Å². The summed E-state index contributed by atoms with van der Waals surface area (Å²) < 4.78 is 10.6. The highest BCUT2D eigenvalue weighted by molar-refractivity contribution is 5.96. The lowest BCUT2D eigenvalue weighted by atomic mass is 10.2. The highest BCUT2D eigenvalue weighted by Crippen LogP contribution is 2.25. The first-order chi connectivity index (χ1) is 16.0. The molecular weight excluding hydrogens is 424 g/mol. The van der Waals surface area contributed by atoms with Crippen LogP contribution < -0.4 is 0 Å². The van der Waals surface area contributed by atoms with Crippen molar-refractivity contribution < 1.29 is 18.9 Å². The molecule has 0 saturated carbocycles. The van der Waals surface area contributed by atoms with E-state index < -0.39 is 0 Å². The molecule has 4 heterocycles. The minimum Gasteiger partial charge on any atom is -0.506 e. The van der Waals surface area contributed by atoms with Crippen molar-refractivity contribution >= 4 is 16.8 Å². The summed E-state index contributed by atoms with van der Waals surface area (Å²) in [6, 6.07) is 8.71. The Morgan fingerprint density at radius 3 is 2.73 bits per heavy atom. The quantitative estimate of drug-likeness (QED) is 0.502. The lowest BCUT2D eigenvalue weighted by molar-refractivity contribution is 0.0755. The number of aromatic hydroxyl groups is 1. The third kappa shape index (κ3) is 4.17. The Hall–Kier alpha value is -3.79. The lowest BCUT2D eigenvalue weighted by Gasteiger charge is -2.21. The number of pyridine rings is 1. The molecule has 1 N–H and O–H groups in total. The van der Waals surface area contributed by atoms with Gasteiger partial charge in [0.25, 0.3) is 11.8 Å². The molecular formula is C23H24N6O4. The van der Waals surface area contributed by atoms with E-state index in [1.54, 1.807) is 23.1 Å². The van der Waals surface area contributed by atoms with E-state index >= 15 is 0 Å². The van der Waals surface area contributed by atoms with Gasteiger partial charge in [-0.3, -0.25) is 9.69 Å². The summed E-state index contributed by atoms with van der Waals surface area (Å²) in [5, 5.41) is 18.9. The van der Waals surface area contributed by atoms with Crippen molar-refractivity contribution in [2.75, 3.05) is 26.2 Å². The molecule has 10 nitrogen and oxygen atoms in total. The van der Waals surface area contributed by atoms with Crippen LogP contribution in [-0.2, 0) is 6.54 Å². The van der Waals surface area contributed by atoms with Crippen molar-refractivity contribution in [1.82, 2.24) is 30.1 Å². The highest BCUT2D eigenvalue weighted by atomic mass is 16.5. The average Bonchev–Trinajstić information content (AvgIpc) is 3.31. The van der Waals surface area contributed by atoms with Gasteiger partial charge in [-0.15, -0.1) is 0 Å². The van der Waals surface area contributed by atoms with Gasteiger partial charge in [0.1, 0.15) is 28.3 Å². The highest BCUT2D eigenvalue weighted by Gasteiger charge is 2.24. The van der Waals surface area contributed by atoms with Crippen LogP contribution in [0.2, 0.25) is 0 Å². The zero-order chi connectivity index (χ0) is 22.9. The SMILES string of the molecule is Cc1noc(C)c1-c1nc(CN2CCCN(C(=O)c3ccc4cccc(O)c4n3)CC2)no1. The molecule has 0 spiro atoms. The summed E-state index contributed by atoms with van der Waals surface area (Å²) in [7, 11) is 0. The Morgan fingerprint density at radius 1 is 1.03 bits per heavy atom. The van der Waals surface area contributed by atoms with Gasteiger partial charge in [0.05, 0.1) is 12.2 Å². The van der Waals surface area contributed by atoms with Crippen LogP contribution in [0.4, 0.5) is 0 Å². The Bertz CT molecular complexity index is 1290. The minimum absolute atomic E-state index is 0.0697. The second-order valence-corrected chi connectivity index (χ2v) is 8.18. The summed E-state index contributed by atoms with van der Waals surface area (Å²) in [4.78, 5) is 26.0. The first-order valence-corrected chi connectivity index (χ1v) is 10.9. The molecule has 33 heavy (non-hydrogen) atoms. The molecule has 10 heteroatoms. The number of hydrogen-bond donors (Lipinski definition) is 1. The van der Waals surface area contributed by atoms with E-state index in [0.717, 1.165) is 23.9 Å². The predicted octanol–water partition coefficient (Wildman–Crippen LogP) is 2.94. The van der Waals surface area contributed by atoms with Crippen molar-refractivity contribution in [1.29, 1.82) is 0 Å². The number of benzene rings is 1. The summed E-state index contributed by atoms with van der Waals surface area (Å²) in [6.45, 7) is 6.86. The number of phenols is 1. The Balaban J connectivity index is 1.25. The number of carbonyl (C=O) groups is 1. The second-order valence-electron chi connectivity index (χ2n) is 8.18. The molecule has 0 bridgehead atoms. The maximum absolute atomic E-state index is 13.1. The number of para-hydroxylation sites is 1. The number of fused-ring (bicyclic) bond motifs is 1. The van der Waals surface area contributed by atoms with E-state index in [0.29, 0.717) is 60.6 Å². The average molecular weight is 448 g/mol. The smallest absolute Gasteiger partial charge is 0.272 e. The summed E-state index contributed by atoms with van der Waals surface area (Å²) in [6.07, 6.45) is 0.819. The zero-order valence-electron chi connectivity index (χ0n) is 18.5. The lowest BCUT2D eigenvalue weighted by Crippen LogP contribution is -2.35. The first-order valence-electron chi connectivity index (χ1n) is 10.9. The third-order valence-corrected chi connectivity index (χ3v) is 5.87. The van der Waals surface area contributed by atoms with Gasteiger partial charge in [0, 0.05) is 31.6 Å². The van der Waals surface area contributed by atoms with Gasteiger partial charge in [0.15, 0.2) is 5.82 Å². The number of aromatic nitrogens is 4. The van der Waals surface area contributed by atoms with Crippen molar-refractivity contribution in [3.05, 3.63) is 53.3 Å². The van der Waals surface area contributed by atoms with Gasteiger partial charge >= 0.3 is 0 Å². The van der Waals surface area contributed by atoms with E-state index in [-0.39, 0.29) is 11.7 Å². The van der Waals surface area contributed by atoms with Crippen LogP contribution in [0, 0.1) is 13.8 Å². The molecule has 170 valence electrons. The number of rotatable bonds is 4. The van der Waals surface area contributed by atoms with Gasteiger partial charge in [-0.2, -0.15) is 4.98 Å². The van der Waals surface area contributed by atoms with Gasteiger partial charge in [-0.1, -0.05) is 28.5 Å². The number of amides is 1. The molecule has 5 rings (SSSR count). The maximum atomic E-state index is 13.1. The standard InChI is InChI=1S/C23H24N6O4/c1-14-20(15(2)32-26-14)22-25-19(27-33-22)13-28-9-4-10-29(12-11-28)23(31)17-8-7-16-5-3-6-18(30)21(16)24-17/h3,5-8,30H,4,9-13H2,1-2H3. The van der Waals surface area contributed by atoms with Crippen LogP contribution >= 0.6 is 0 Å². The molecule has 1 aliphatic heterocycles. The maximum Gasteiger partial charge on any atom is 0.272 e. The third-order valence-electron chi connectivity index (χ3n) is 5.87. The Kier molecular flexibility index (Phi) is 5.51. The van der Waals surface area contributed by atoms with Crippen LogP contribution in [-0.4, -0.2) is 67.3 Å². The van der Waals surface area contributed by atoms with Crippen LogP contribution in [0.5, 0.6) is 5.75 Å². The van der Waals surface area contributed by atoms with Gasteiger partial charge in [-0.05, 0) is 32.4 Å². The molecule has 0 aliphatic carbocycles. The molecule has 1 aromatic carbocycles. The van der Waals surface area contributed by atoms with Crippen molar-refractivity contribution in [2.45, 2.75) is 26.8 Å². The molecule has 0 radical (unpaired) electrons. The normalized spacial score (nSPS) is 15.2. The fraction of sp³-hybridized carbons (Fsp3) is 0.348. The van der Waals surface area contributed by atoms with E-state index in [1.807, 2.05) is 26.0 Å². The van der Waals surface area contributed by atoms with E-state index in [4.69, 9.17) is 9.05 Å². The van der Waals surface area contributed by atoms with Gasteiger partial charge in [-0.25, -0.2) is 4.98 Å². The Labute approximate surface area is 189 Å². The fourth-order valence-electron chi connectivity index (χ4n) is 4.15. The number of aryl methyl sites for hydroxylation is 2. The topological polar surface area (TPSA) is 122 Å². The van der Waals surface area contributed by atoms with Gasteiger partial charge < -0.3 is 19.1 Å². The summed E-state index contributed by atoms with van der Waals surface area (Å²) in [5.74, 6) is 1.56. The fourth-order valence-corrected chi connectivity index (χ4v) is 4.15.